The number of unbranched alkanes of at least 4 members (excludes halogenated alkanes) is 2. The number of hydrogen-bond acceptors (Lipinski definition) is 3. The fourth-order valence-electron chi connectivity index (χ4n) is 3.72. The molecule has 4 nitrogen and oxygen atoms in total. The van der Waals surface area contributed by atoms with E-state index in [1.807, 2.05) is 12.1 Å². The summed E-state index contributed by atoms with van der Waals surface area (Å²) in [7, 11) is 0. The Morgan fingerprint density at radius 3 is 2.52 bits per heavy atom. The van der Waals surface area contributed by atoms with Crippen LogP contribution in [0.4, 0.5) is 0 Å². The zero-order chi connectivity index (χ0) is 19.0. The van der Waals surface area contributed by atoms with Crippen LogP contribution >= 0.6 is 11.6 Å². The van der Waals surface area contributed by atoms with E-state index in [2.05, 4.69) is 6.92 Å². The van der Waals surface area contributed by atoms with Gasteiger partial charge in [0.2, 0.25) is 5.76 Å². The van der Waals surface area contributed by atoms with Crippen LogP contribution in [0.25, 0.3) is 11.0 Å². The first kappa shape index (κ1) is 17.8. The fourth-order valence-corrected chi connectivity index (χ4v) is 3.85. The molecule has 2 aromatic carbocycles. The summed E-state index contributed by atoms with van der Waals surface area (Å²) in [6.45, 7) is 2.70. The van der Waals surface area contributed by atoms with Crippen molar-refractivity contribution in [2.24, 2.45) is 0 Å². The van der Waals surface area contributed by atoms with Gasteiger partial charge < -0.3 is 9.32 Å². The van der Waals surface area contributed by atoms with Crippen LogP contribution in [0.15, 0.2) is 57.7 Å². The number of halogens is 1. The molecule has 2 heterocycles. The van der Waals surface area contributed by atoms with Crippen molar-refractivity contribution in [2.45, 2.75) is 32.2 Å². The summed E-state index contributed by atoms with van der Waals surface area (Å²) in [6.07, 6.45) is 2.96. The average molecular weight is 382 g/mol. The summed E-state index contributed by atoms with van der Waals surface area (Å²) in [5.74, 6) is -0.0564. The number of fused-ring (bicyclic) bond motifs is 2. The van der Waals surface area contributed by atoms with Crippen molar-refractivity contribution in [3.63, 3.8) is 0 Å². The summed E-state index contributed by atoms with van der Waals surface area (Å²) < 4.78 is 5.89. The molecule has 0 aliphatic carbocycles. The molecule has 1 amide bonds. The zero-order valence-electron chi connectivity index (χ0n) is 15.1. The Kier molecular flexibility index (Phi) is 4.75. The van der Waals surface area contributed by atoms with Crippen molar-refractivity contribution in [3.05, 3.63) is 80.7 Å². The topological polar surface area (TPSA) is 50.5 Å². The number of para-hydroxylation sites is 1. The van der Waals surface area contributed by atoms with Crippen molar-refractivity contribution in [3.8, 4) is 0 Å². The van der Waals surface area contributed by atoms with Crippen LogP contribution in [0.5, 0.6) is 0 Å². The molecule has 0 spiro atoms. The maximum Gasteiger partial charge on any atom is 0.290 e. The standard InChI is InChI=1S/C22H20ClNO3/c1-2-3-6-13-24-19(14-9-11-15(23)12-10-14)18-20(25)16-7-4-5-8-17(16)27-21(18)22(24)26/h4-5,7-12,19H,2-3,6,13H2,1H3. The van der Waals surface area contributed by atoms with Gasteiger partial charge in [0.25, 0.3) is 5.91 Å². The Morgan fingerprint density at radius 2 is 1.78 bits per heavy atom. The minimum absolute atomic E-state index is 0.141. The number of benzene rings is 2. The maximum atomic E-state index is 13.2. The Morgan fingerprint density at radius 1 is 1.04 bits per heavy atom. The molecular weight excluding hydrogens is 362 g/mol. The van der Waals surface area contributed by atoms with E-state index in [4.69, 9.17) is 16.0 Å². The van der Waals surface area contributed by atoms with E-state index in [1.54, 1.807) is 41.3 Å². The SMILES string of the molecule is CCCCCN1C(=O)c2oc3ccccc3c(=O)c2C1c1ccc(Cl)cc1. The third kappa shape index (κ3) is 3.04. The molecule has 3 aromatic rings. The van der Waals surface area contributed by atoms with Gasteiger partial charge in [0.15, 0.2) is 5.43 Å². The van der Waals surface area contributed by atoms with Crippen molar-refractivity contribution in [2.75, 3.05) is 6.54 Å². The molecule has 27 heavy (non-hydrogen) atoms. The summed E-state index contributed by atoms with van der Waals surface area (Å²) in [4.78, 5) is 28.1. The van der Waals surface area contributed by atoms with E-state index in [9.17, 15) is 9.59 Å². The second kappa shape index (κ2) is 7.20. The first-order valence-electron chi connectivity index (χ1n) is 9.24. The number of carbonyl (C=O) groups excluding carboxylic acids is 1. The van der Waals surface area contributed by atoms with Crippen LogP contribution in [-0.2, 0) is 0 Å². The van der Waals surface area contributed by atoms with Gasteiger partial charge in [-0.15, -0.1) is 0 Å². The predicted molar refractivity (Wildman–Crippen MR) is 106 cm³/mol. The van der Waals surface area contributed by atoms with Crippen LogP contribution in [0.2, 0.25) is 5.02 Å². The highest BCUT2D eigenvalue weighted by molar-refractivity contribution is 6.30. The monoisotopic (exact) mass is 381 g/mol. The van der Waals surface area contributed by atoms with E-state index < -0.39 is 6.04 Å². The summed E-state index contributed by atoms with van der Waals surface area (Å²) in [5, 5.41) is 1.12. The van der Waals surface area contributed by atoms with Crippen molar-refractivity contribution in [1.82, 2.24) is 4.90 Å². The minimum atomic E-state index is -0.442. The normalized spacial score (nSPS) is 16.1. The molecule has 4 rings (SSSR count). The smallest absolute Gasteiger partial charge is 0.290 e. The minimum Gasteiger partial charge on any atom is -0.450 e. The number of carbonyl (C=O) groups is 1. The molecule has 1 aliphatic rings. The number of amides is 1. The van der Waals surface area contributed by atoms with Crippen LogP contribution in [-0.4, -0.2) is 17.4 Å². The summed E-state index contributed by atoms with van der Waals surface area (Å²) >= 11 is 6.03. The summed E-state index contributed by atoms with van der Waals surface area (Å²) in [5.41, 5.74) is 1.60. The molecule has 1 atom stereocenters. The van der Waals surface area contributed by atoms with Gasteiger partial charge >= 0.3 is 0 Å². The molecule has 0 radical (unpaired) electrons. The lowest BCUT2D eigenvalue weighted by molar-refractivity contribution is 0.0725. The quantitative estimate of drug-likeness (QED) is 0.572. The van der Waals surface area contributed by atoms with Gasteiger partial charge in [-0.05, 0) is 36.2 Å². The maximum absolute atomic E-state index is 13.2. The van der Waals surface area contributed by atoms with E-state index in [0.29, 0.717) is 28.1 Å². The highest BCUT2D eigenvalue weighted by Gasteiger charge is 2.42. The van der Waals surface area contributed by atoms with Gasteiger partial charge in [-0.3, -0.25) is 9.59 Å². The van der Waals surface area contributed by atoms with Gasteiger partial charge in [-0.1, -0.05) is 55.6 Å². The van der Waals surface area contributed by atoms with Crippen molar-refractivity contribution < 1.29 is 9.21 Å². The van der Waals surface area contributed by atoms with Gasteiger partial charge in [0.05, 0.1) is 17.0 Å². The molecule has 138 valence electrons. The van der Waals surface area contributed by atoms with Gasteiger partial charge in [0.1, 0.15) is 5.58 Å². The Hall–Kier alpha value is -2.59. The highest BCUT2D eigenvalue weighted by Crippen LogP contribution is 2.38. The van der Waals surface area contributed by atoms with Crippen molar-refractivity contribution >= 4 is 28.5 Å². The van der Waals surface area contributed by atoms with Gasteiger partial charge in [-0.2, -0.15) is 0 Å². The Labute approximate surface area is 162 Å². The largest absolute Gasteiger partial charge is 0.450 e. The lowest BCUT2D eigenvalue weighted by Gasteiger charge is -2.25. The van der Waals surface area contributed by atoms with Crippen LogP contribution in [0.3, 0.4) is 0 Å². The molecule has 0 bridgehead atoms. The fraction of sp³-hybridized carbons (Fsp3) is 0.273. The molecule has 0 saturated heterocycles. The second-order valence-electron chi connectivity index (χ2n) is 6.83. The third-order valence-electron chi connectivity index (χ3n) is 5.06. The van der Waals surface area contributed by atoms with Crippen molar-refractivity contribution in [1.29, 1.82) is 0 Å². The third-order valence-corrected chi connectivity index (χ3v) is 5.31. The molecule has 0 fully saturated rings. The molecular formula is C22H20ClNO3. The first-order chi connectivity index (χ1) is 13.1. The van der Waals surface area contributed by atoms with E-state index in [0.717, 1.165) is 24.8 Å². The van der Waals surface area contributed by atoms with E-state index in [1.165, 1.54) is 0 Å². The lowest BCUT2D eigenvalue weighted by atomic mass is 9.98. The van der Waals surface area contributed by atoms with Gasteiger partial charge in [-0.25, -0.2) is 0 Å². The Balaban J connectivity index is 1.90. The molecule has 5 heteroatoms. The molecule has 0 N–H and O–H groups in total. The molecule has 1 unspecified atom stereocenters. The van der Waals surface area contributed by atoms with E-state index in [-0.39, 0.29) is 17.1 Å². The van der Waals surface area contributed by atoms with Crippen LogP contribution in [0, 0.1) is 0 Å². The Bertz CT molecular complexity index is 1060. The number of hydrogen-bond donors (Lipinski definition) is 0. The summed E-state index contributed by atoms with van der Waals surface area (Å²) in [6, 6.07) is 13.9. The van der Waals surface area contributed by atoms with Crippen LogP contribution < -0.4 is 5.43 Å². The molecule has 0 saturated carbocycles. The predicted octanol–water partition coefficient (Wildman–Crippen LogP) is 5.18. The lowest BCUT2D eigenvalue weighted by Crippen LogP contribution is -2.30. The molecule has 1 aromatic heterocycles. The first-order valence-corrected chi connectivity index (χ1v) is 9.61. The highest BCUT2D eigenvalue weighted by atomic mass is 35.5. The van der Waals surface area contributed by atoms with E-state index >= 15 is 0 Å². The molecule has 1 aliphatic heterocycles. The number of nitrogens with zero attached hydrogens (tertiary/aromatic N) is 1. The number of rotatable bonds is 5. The zero-order valence-corrected chi connectivity index (χ0v) is 15.8. The van der Waals surface area contributed by atoms with Gasteiger partial charge in [0, 0.05) is 11.6 Å². The second-order valence-corrected chi connectivity index (χ2v) is 7.27. The average Bonchev–Trinajstić information content (AvgIpc) is 2.96. The van der Waals surface area contributed by atoms with Crippen LogP contribution in [0.1, 0.15) is 53.9 Å².